The van der Waals surface area contributed by atoms with Crippen molar-refractivity contribution in [1.82, 2.24) is 15.1 Å². The minimum Gasteiger partial charge on any atom is -0.497 e. The zero-order chi connectivity index (χ0) is 20.7. The van der Waals surface area contributed by atoms with Crippen LogP contribution in [0.15, 0.2) is 69.5 Å². The maximum absolute atomic E-state index is 13.1. The SMILES string of the molecule is COc1cccc(N2C(=O)[C@@H]3N=NN(Cc4nc(-c5ccccc5)no4)[C@H]3C2=O)c1. The van der Waals surface area contributed by atoms with Gasteiger partial charge in [0.2, 0.25) is 11.7 Å². The van der Waals surface area contributed by atoms with E-state index in [2.05, 4.69) is 20.5 Å². The van der Waals surface area contributed by atoms with Crippen LogP contribution < -0.4 is 9.64 Å². The molecule has 30 heavy (non-hydrogen) atoms. The predicted molar refractivity (Wildman–Crippen MR) is 103 cm³/mol. The van der Waals surface area contributed by atoms with Gasteiger partial charge in [-0.1, -0.05) is 46.8 Å². The van der Waals surface area contributed by atoms with Gasteiger partial charge < -0.3 is 9.26 Å². The van der Waals surface area contributed by atoms with Crippen LogP contribution in [-0.4, -0.2) is 46.2 Å². The van der Waals surface area contributed by atoms with Gasteiger partial charge in [0.1, 0.15) is 12.3 Å². The molecule has 3 heterocycles. The van der Waals surface area contributed by atoms with E-state index in [0.717, 1.165) is 10.5 Å². The Labute approximate surface area is 170 Å². The number of anilines is 1. The summed E-state index contributed by atoms with van der Waals surface area (Å²) >= 11 is 0. The number of hydrogen-bond donors (Lipinski definition) is 0. The average Bonchev–Trinajstić information content (AvgIpc) is 3.47. The Morgan fingerprint density at radius 2 is 1.90 bits per heavy atom. The van der Waals surface area contributed by atoms with Crippen LogP contribution in [0.25, 0.3) is 11.4 Å². The molecule has 0 aliphatic carbocycles. The largest absolute Gasteiger partial charge is 0.497 e. The molecule has 0 spiro atoms. The predicted octanol–water partition coefficient (Wildman–Crippen LogP) is 2.24. The first kappa shape index (κ1) is 18.0. The highest BCUT2D eigenvalue weighted by molar-refractivity contribution is 6.25. The first-order valence-electron chi connectivity index (χ1n) is 9.23. The van der Waals surface area contributed by atoms with E-state index in [1.807, 2.05) is 30.3 Å². The van der Waals surface area contributed by atoms with E-state index in [-0.39, 0.29) is 12.4 Å². The van der Waals surface area contributed by atoms with Crippen molar-refractivity contribution >= 4 is 17.5 Å². The second kappa shape index (κ2) is 7.07. The number of methoxy groups -OCH3 is 1. The number of amides is 2. The van der Waals surface area contributed by atoms with Crippen LogP contribution in [0.2, 0.25) is 0 Å². The molecule has 2 atom stereocenters. The average molecular weight is 404 g/mol. The lowest BCUT2D eigenvalue weighted by molar-refractivity contribution is -0.123. The van der Waals surface area contributed by atoms with Crippen molar-refractivity contribution in [2.75, 3.05) is 12.0 Å². The summed E-state index contributed by atoms with van der Waals surface area (Å²) in [6.07, 6.45) is 0. The van der Waals surface area contributed by atoms with E-state index in [1.165, 1.54) is 12.1 Å². The van der Waals surface area contributed by atoms with Crippen LogP contribution >= 0.6 is 0 Å². The molecule has 10 nitrogen and oxygen atoms in total. The summed E-state index contributed by atoms with van der Waals surface area (Å²) in [7, 11) is 1.52. The molecule has 2 aliphatic rings. The number of carbonyl (C=O) groups excluding carboxylic acids is 2. The number of aromatic nitrogens is 2. The van der Waals surface area contributed by atoms with Gasteiger partial charge in [0.05, 0.1) is 12.8 Å². The third kappa shape index (κ3) is 2.89. The molecule has 2 aromatic carbocycles. The number of nitrogens with zero attached hydrogens (tertiary/aromatic N) is 6. The van der Waals surface area contributed by atoms with Crippen LogP contribution in [0.5, 0.6) is 5.75 Å². The van der Waals surface area contributed by atoms with Crippen LogP contribution in [0.3, 0.4) is 0 Å². The molecule has 2 aliphatic heterocycles. The van der Waals surface area contributed by atoms with Crippen LogP contribution in [0.1, 0.15) is 5.89 Å². The number of fused-ring (bicyclic) bond motifs is 1. The molecule has 1 saturated heterocycles. The standard InChI is InChI=1S/C20H16N6O4/c1-29-14-9-5-8-13(10-14)26-19(27)16-17(20(26)28)25(24-22-16)11-15-21-18(23-30-15)12-6-3-2-4-7-12/h2-10,16-17H,11H2,1H3/t16-,17-/m1/s1. The van der Waals surface area contributed by atoms with Crippen molar-refractivity contribution in [3.05, 3.63) is 60.5 Å². The van der Waals surface area contributed by atoms with Crippen molar-refractivity contribution in [3.8, 4) is 17.1 Å². The second-order valence-corrected chi connectivity index (χ2v) is 6.78. The molecule has 0 saturated carbocycles. The van der Waals surface area contributed by atoms with Gasteiger partial charge in [-0.05, 0) is 12.1 Å². The normalized spacial score (nSPS) is 20.2. The lowest BCUT2D eigenvalue weighted by atomic mass is 10.1. The Kier molecular flexibility index (Phi) is 4.24. The van der Waals surface area contributed by atoms with Crippen LogP contribution in [0.4, 0.5) is 5.69 Å². The topological polar surface area (TPSA) is 113 Å². The third-order valence-corrected chi connectivity index (χ3v) is 4.97. The van der Waals surface area contributed by atoms with E-state index in [1.54, 1.807) is 24.3 Å². The highest BCUT2D eigenvalue weighted by Gasteiger charge is 2.55. The lowest BCUT2D eigenvalue weighted by Crippen LogP contribution is -2.39. The summed E-state index contributed by atoms with van der Waals surface area (Å²) < 4.78 is 10.5. The second-order valence-electron chi connectivity index (χ2n) is 6.78. The van der Waals surface area contributed by atoms with Gasteiger partial charge in [0, 0.05) is 11.6 Å². The molecule has 0 unspecified atom stereocenters. The molecule has 1 fully saturated rings. The number of benzene rings is 2. The molecule has 2 amide bonds. The van der Waals surface area contributed by atoms with Crippen LogP contribution in [-0.2, 0) is 16.1 Å². The number of ether oxygens (including phenoxy) is 1. The fourth-order valence-corrected chi connectivity index (χ4v) is 3.52. The summed E-state index contributed by atoms with van der Waals surface area (Å²) in [5.41, 5.74) is 1.24. The molecule has 0 radical (unpaired) electrons. The van der Waals surface area contributed by atoms with E-state index >= 15 is 0 Å². The maximum atomic E-state index is 13.1. The minimum atomic E-state index is -0.903. The van der Waals surface area contributed by atoms with Crippen molar-refractivity contribution in [3.63, 3.8) is 0 Å². The molecular weight excluding hydrogens is 388 g/mol. The Morgan fingerprint density at radius 1 is 1.07 bits per heavy atom. The highest BCUT2D eigenvalue weighted by atomic mass is 16.5. The Hall–Kier alpha value is -4.08. The van der Waals surface area contributed by atoms with Gasteiger partial charge in [-0.25, -0.2) is 4.90 Å². The van der Waals surface area contributed by atoms with Crippen molar-refractivity contribution < 1.29 is 18.8 Å². The van der Waals surface area contributed by atoms with E-state index < -0.39 is 23.9 Å². The molecule has 5 rings (SSSR count). The van der Waals surface area contributed by atoms with E-state index in [0.29, 0.717) is 17.3 Å². The Balaban J connectivity index is 1.37. The molecule has 1 aromatic heterocycles. The summed E-state index contributed by atoms with van der Waals surface area (Å²) in [5.74, 6) is 0.410. The molecular formula is C20H16N6O4. The summed E-state index contributed by atoms with van der Waals surface area (Å²) in [6.45, 7) is 0.0650. The van der Waals surface area contributed by atoms with Crippen molar-refractivity contribution in [2.45, 2.75) is 18.6 Å². The smallest absolute Gasteiger partial charge is 0.263 e. The quantitative estimate of drug-likeness (QED) is 0.599. The summed E-state index contributed by atoms with van der Waals surface area (Å²) in [6, 6.07) is 14.4. The summed E-state index contributed by atoms with van der Waals surface area (Å²) in [5, 5.41) is 13.4. The fraction of sp³-hybridized carbons (Fsp3) is 0.200. The summed E-state index contributed by atoms with van der Waals surface area (Å²) in [4.78, 5) is 31.3. The Morgan fingerprint density at radius 3 is 2.70 bits per heavy atom. The number of imide groups is 1. The maximum Gasteiger partial charge on any atom is 0.263 e. The number of carbonyl (C=O) groups is 2. The Bertz CT molecular complexity index is 1140. The minimum absolute atomic E-state index is 0.0650. The van der Waals surface area contributed by atoms with Crippen molar-refractivity contribution in [1.29, 1.82) is 0 Å². The highest BCUT2D eigenvalue weighted by Crippen LogP contribution is 2.33. The molecule has 150 valence electrons. The molecule has 10 heteroatoms. The first-order valence-corrected chi connectivity index (χ1v) is 9.23. The zero-order valence-electron chi connectivity index (χ0n) is 15.9. The van der Waals surface area contributed by atoms with Gasteiger partial charge >= 0.3 is 0 Å². The molecule has 0 bridgehead atoms. The molecule has 3 aromatic rings. The third-order valence-electron chi connectivity index (χ3n) is 4.97. The first-order chi connectivity index (χ1) is 14.7. The van der Waals surface area contributed by atoms with E-state index in [4.69, 9.17) is 9.26 Å². The van der Waals surface area contributed by atoms with Gasteiger partial charge in [-0.3, -0.25) is 14.6 Å². The molecule has 0 N–H and O–H groups in total. The zero-order valence-corrected chi connectivity index (χ0v) is 15.9. The van der Waals surface area contributed by atoms with Gasteiger partial charge in [0.25, 0.3) is 11.8 Å². The number of rotatable bonds is 5. The monoisotopic (exact) mass is 404 g/mol. The van der Waals surface area contributed by atoms with Gasteiger partial charge in [-0.15, -0.1) is 0 Å². The number of hydrogen-bond acceptors (Lipinski definition) is 9. The van der Waals surface area contributed by atoms with Gasteiger partial charge in [0.15, 0.2) is 12.1 Å². The van der Waals surface area contributed by atoms with Crippen molar-refractivity contribution in [2.24, 2.45) is 10.3 Å². The van der Waals surface area contributed by atoms with Gasteiger partial charge in [-0.2, -0.15) is 10.1 Å². The van der Waals surface area contributed by atoms with Crippen LogP contribution in [0, 0.1) is 0 Å². The fourth-order valence-electron chi connectivity index (χ4n) is 3.52. The van der Waals surface area contributed by atoms with E-state index in [9.17, 15) is 9.59 Å². The lowest BCUT2D eigenvalue weighted by Gasteiger charge is -2.19.